The number of nitrogens with zero attached hydrogens (tertiary/aromatic N) is 2. The van der Waals surface area contributed by atoms with E-state index in [1.807, 2.05) is 0 Å². The fraction of sp³-hybridized carbons (Fsp3) is 0.364. The van der Waals surface area contributed by atoms with Crippen molar-refractivity contribution in [2.75, 3.05) is 23.7 Å². The average molecular weight is 450 g/mol. The number of carbonyl (C=O) groups excluding carboxylic acids is 2. The molecule has 0 saturated carbocycles. The van der Waals surface area contributed by atoms with Gasteiger partial charge in [-0.2, -0.15) is 0 Å². The number of hydrogen-bond donors (Lipinski definition) is 1. The Labute approximate surface area is 182 Å². The van der Waals surface area contributed by atoms with Gasteiger partial charge in [-0.25, -0.2) is 12.8 Å². The summed E-state index contributed by atoms with van der Waals surface area (Å²) in [4.78, 5) is 27.3. The molecule has 0 heterocycles. The van der Waals surface area contributed by atoms with Crippen LogP contribution in [0.2, 0.25) is 0 Å². The summed E-state index contributed by atoms with van der Waals surface area (Å²) in [7, 11) is -3.75. The van der Waals surface area contributed by atoms with Gasteiger partial charge in [0, 0.05) is 13.1 Å². The highest BCUT2D eigenvalue weighted by atomic mass is 32.2. The standard InChI is InChI=1S/C22H28FN3O4S/c1-4-20(22(28)24-5-2)25(15-17-11-13-18(23)14-12-17)21(27)16-26(31(3,29)30)19-9-7-6-8-10-19/h6-14,20H,4-5,15-16H2,1-3H3,(H,24,28)/t20-/m0/s1. The summed E-state index contributed by atoms with van der Waals surface area (Å²) in [6.45, 7) is 3.53. The van der Waals surface area contributed by atoms with E-state index in [-0.39, 0.29) is 12.5 Å². The number of likely N-dealkylation sites (N-methyl/N-ethyl adjacent to an activating group) is 1. The van der Waals surface area contributed by atoms with Crippen molar-refractivity contribution in [3.63, 3.8) is 0 Å². The Balaban J connectivity index is 2.39. The monoisotopic (exact) mass is 449 g/mol. The molecular weight excluding hydrogens is 421 g/mol. The molecular formula is C22H28FN3O4S. The van der Waals surface area contributed by atoms with Crippen molar-refractivity contribution in [2.24, 2.45) is 0 Å². The number of amides is 2. The molecule has 0 radical (unpaired) electrons. The number of carbonyl (C=O) groups is 2. The van der Waals surface area contributed by atoms with Crippen LogP contribution >= 0.6 is 0 Å². The Bertz CT molecular complexity index is 982. The first-order chi connectivity index (χ1) is 14.7. The number of nitrogens with one attached hydrogen (secondary N) is 1. The smallest absolute Gasteiger partial charge is 0.244 e. The fourth-order valence-electron chi connectivity index (χ4n) is 3.21. The third-order valence-corrected chi connectivity index (χ3v) is 5.87. The minimum atomic E-state index is -3.75. The van der Waals surface area contributed by atoms with Gasteiger partial charge in [-0.3, -0.25) is 13.9 Å². The van der Waals surface area contributed by atoms with E-state index < -0.39 is 34.3 Å². The summed E-state index contributed by atoms with van der Waals surface area (Å²) in [5, 5.41) is 2.72. The molecule has 0 aliphatic rings. The molecule has 0 aliphatic carbocycles. The first-order valence-corrected chi connectivity index (χ1v) is 11.9. The molecule has 31 heavy (non-hydrogen) atoms. The molecule has 1 atom stereocenters. The van der Waals surface area contributed by atoms with E-state index in [1.54, 1.807) is 44.2 Å². The van der Waals surface area contributed by atoms with Crippen LogP contribution in [0.1, 0.15) is 25.8 Å². The number of para-hydroxylation sites is 1. The first-order valence-electron chi connectivity index (χ1n) is 10.0. The van der Waals surface area contributed by atoms with Crippen molar-refractivity contribution >= 4 is 27.5 Å². The van der Waals surface area contributed by atoms with Gasteiger partial charge in [0.1, 0.15) is 18.4 Å². The van der Waals surface area contributed by atoms with Crippen molar-refractivity contribution in [3.05, 3.63) is 66.0 Å². The number of sulfonamides is 1. The second-order valence-corrected chi connectivity index (χ2v) is 8.98. The Morgan fingerprint density at radius 2 is 1.65 bits per heavy atom. The Hall–Kier alpha value is -2.94. The SMILES string of the molecule is CCNC(=O)[C@H](CC)N(Cc1ccc(F)cc1)C(=O)CN(c1ccccc1)S(C)(=O)=O. The van der Waals surface area contributed by atoms with Gasteiger partial charge < -0.3 is 10.2 Å². The van der Waals surface area contributed by atoms with Crippen LogP contribution < -0.4 is 9.62 Å². The summed E-state index contributed by atoms with van der Waals surface area (Å²) in [6.07, 6.45) is 1.36. The van der Waals surface area contributed by atoms with Crippen LogP contribution in [0.25, 0.3) is 0 Å². The Morgan fingerprint density at radius 1 is 1.03 bits per heavy atom. The molecule has 0 unspecified atom stereocenters. The van der Waals surface area contributed by atoms with E-state index >= 15 is 0 Å². The van der Waals surface area contributed by atoms with Crippen LogP contribution in [0.15, 0.2) is 54.6 Å². The van der Waals surface area contributed by atoms with Crippen molar-refractivity contribution in [1.82, 2.24) is 10.2 Å². The highest BCUT2D eigenvalue weighted by Crippen LogP contribution is 2.19. The van der Waals surface area contributed by atoms with E-state index in [2.05, 4.69) is 5.32 Å². The number of benzene rings is 2. The van der Waals surface area contributed by atoms with E-state index in [0.717, 1.165) is 10.6 Å². The molecule has 2 amide bonds. The normalized spacial score (nSPS) is 12.1. The molecule has 2 rings (SSSR count). The van der Waals surface area contributed by atoms with E-state index in [0.29, 0.717) is 24.2 Å². The number of anilines is 1. The first kappa shape index (κ1) is 24.3. The van der Waals surface area contributed by atoms with Gasteiger partial charge >= 0.3 is 0 Å². The molecule has 1 N–H and O–H groups in total. The lowest BCUT2D eigenvalue weighted by Gasteiger charge is -2.32. The molecule has 0 aromatic heterocycles. The molecule has 2 aromatic rings. The van der Waals surface area contributed by atoms with Gasteiger partial charge in [0.05, 0.1) is 11.9 Å². The van der Waals surface area contributed by atoms with Gasteiger partial charge in [0.2, 0.25) is 21.8 Å². The van der Waals surface area contributed by atoms with Gasteiger partial charge in [0.25, 0.3) is 0 Å². The lowest BCUT2D eigenvalue weighted by Crippen LogP contribution is -2.52. The highest BCUT2D eigenvalue weighted by molar-refractivity contribution is 7.92. The Morgan fingerprint density at radius 3 is 2.16 bits per heavy atom. The van der Waals surface area contributed by atoms with Crippen LogP contribution in [0.4, 0.5) is 10.1 Å². The maximum absolute atomic E-state index is 13.3. The van der Waals surface area contributed by atoms with Gasteiger partial charge in [0.15, 0.2) is 0 Å². The van der Waals surface area contributed by atoms with Crippen LogP contribution in [-0.2, 0) is 26.2 Å². The summed E-state index contributed by atoms with van der Waals surface area (Å²) in [5.74, 6) is -1.27. The number of rotatable bonds is 10. The second-order valence-electron chi connectivity index (χ2n) is 7.07. The van der Waals surface area contributed by atoms with Crippen molar-refractivity contribution in [2.45, 2.75) is 32.9 Å². The predicted octanol–water partition coefficient (Wildman–Crippen LogP) is 2.54. The zero-order valence-electron chi connectivity index (χ0n) is 17.9. The van der Waals surface area contributed by atoms with Gasteiger partial charge in [-0.15, -0.1) is 0 Å². The minimum absolute atomic E-state index is 0.0428. The van der Waals surface area contributed by atoms with Crippen LogP contribution in [0.5, 0.6) is 0 Å². The lowest BCUT2D eigenvalue weighted by molar-refractivity contribution is -0.140. The summed E-state index contributed by atoms with van der Waals surface area (Å²) in [6, 6.07) is 13.1. The lowest BCUT2D eigenvalue weighted by atomic mass is 10.1. The maximum atomic E-state index is 13.3. The van der Waals surface area contributed by atoms with E-state index in [4.69, 9.17) is 0 Å². The third-order valence-electron chi connectivity index (χ3n) is 4.73. The van der Waals surface area contributed by atoms with Crippen LogP contribution in [-0.4, -0.2) is 50.5 Å². The predicted molar refractivity (Wildman–Crippen MR) is 118 cm³/mol. The Kier molecular flexibility index (Phi) is 8.56. The third kappa shape index (κ3) is 6.78. The van der Waals surface area contributed by atoms with Crippen LogP contribution in [0, 0.1) is 5.82 Å². The minimum Gasteiger partial charge on any atom is -0.355 e. The number of halogens is 1. The molecule has 7 nitrogen and oxygen atoms in total. The summed E-state index contributed by atoms with van der Waals surface area (Å²) < 4.78 is 39.1. The molecule has 0 aliphatic heterocycles. The largest absolute Gasteiger partial charge is 0.355 e. The topological polar surface area (TPSA) is 86.8 Å². The zero-order chi connectivity index (χ0) is 23.0. The van der Waals surface area contributed by atoms with Crippen molar-refractivity contribution in [1.29, 1.82) is 0 Å². The molecule has 2 aromatic carbocycles. The van der Waals surface area contributed by atoms with E-state index in [1.165, 1.54) is 29.2 Å². The maximum Gasteiger partial charge on any atom is 0.244 e. The fourth-order valence-corrected chi connectivity index (χ4v) is 4.06. The zero-order valence-corrected chi connectivity index (χ0v) is 18.7. The average Bonchev–Trinajstić information content (AvgIpc) is 2.73. The molecule has 0 fully saturated rings. The van der Waals surface area contributed by atoms with Gasteiger partial charge in [-0.05, 0) is 43.2 Å². The van der Waals surface area contributed by atoms with Crippen molar-refractivity contribution < 1.29 is 22.4 Å². The summed E-state index contributed by atoms with van der Waals surface area (Å²) >= 11 is 0. The van der Waals surface area contributed by atoms with E-state index in [9.17, 15) is 22.4 Å². The van der Waals surface area contributed by atoms with Gasteiger partial charge in [-0.1, -0.05) is 37.3 Å². The highest BCUT2D eigenvalue weighted by Gasteiger charge is 2.31. The summed E-state index contributed by atoms with van der Waals surface area (Å²) in [5.41, 5.74) is 0.981. The molecule has 0 saturated heterocycles. The molecule has 168 valence electrons. The van der Waals surface area contributed by atoms with Crippen molar-refractivity contribution in [3.8, 4) is 0 Å². The molecule has 0 bridgehead atoms. The molecule has 0 spiro atoms. The quantitative estimate of drug-likeness (QED) is 0.604. The molecule has 9 heteroatoms. The number of hydrogen-bond acceptors (Lipinski definition) is 4. The van der Waals surface area contributed by atoms with Crippen LogP contribution in [0.3, 0.4) is 0 Å². The second kappa shape index (κ2) is 10.9.